The number of carbonyl (C=O) groups excluding carboxylic acids is 1. The summed E-state index contributed by atoms with van der Waals surface area (Å²) in [6, 6.07) is 6.84. The number of nitrogens with one attached hydrogen (secondary N) is 3. The van der Waals surface area contributed by atoms with Crippen LogP contribution >= 0.6 is 0 Å². The second-order valence-electron chi connectivity index (χ2n) is 6.54. The average molecular weight is 399 g/mol. The first kappa shape index (κ1) is 18.7. The third kappa shape index (κ3) is 3.24. The Labute approximate surface area is 163 Å². The Hall–Kier alpha value is -3.62. The number of hydrogen-bond acceptors (Lipinski definition) is 3. The van der Waals surface area contributed by atoms with E-state index in [4.69, 9.17) is 0 Å². The second kappa shape index (κ2) is 6.77. The van der Waals surface area contributed by atoms with E-state index in [0.29, 0.717) is 33.9 Å². The number of halogens is 3. The van der Waals surface area contributed by atoms with Gasteiger partial charge in [0.25, 0.3) is 5.91 Å². The van der Waals surface area contributed by atoms with Crippen molar-refractivity contribution in [2.75, 3.05) is 7.05 Å². The summed E-state index contributed by atoms with van der Waals surface area (Å²) in [5.41, 5.74) is 2.29. The lowest BCUT2D eigenvalue weighted by Gasteiger charge is -2.12. The van der Waals surface area contributed by atoms with Crippen molar-refractivity contribution in [2.45, 2.75) is 13.1 Å². The molecule has 29 heavy (non-hydrogen) atoms. The Bertz CT molecular complexity index is 1220. The number of alkyl halides is 3. The number of aromatic amines is 2. The molecule has 0 unspecified atom stereocenters. The molecule has 0 aliphatic heterocycles. The molecule has 0 aliphatic rings. The van der Waals surface area contributed by atoms with Crippen molar-refractivity contribution < 1.29 is 18.0 Å². The summed E-state index contributed by atoms with van der Waals surface area (Å²) in [6.45, 7) is 1.69. The quantitative estimate of drug-likeness (QED) is 0.480. The fraction of sp³-hybridized carbons (Fsp3) is 0.150. The molecule has 0 spiro atoms. The monoisotopic (exact) mass is 399 g/mol. The molecule has 0 fully saturated rings. The van der Waals surface area contributed by atoms with E-state index >= 15 is 0 Å². The molecule has 0 radical (unpaired) electrons. The maximum atomic E-state index is 13.2. The molecular weight excluding hydrogens is 383 g/mol. The molecular formula is C20H16F3N5O. The first-order chi connectivity index (χ1) is 13.8. The van der Waals surface area contributed by atoms with E-state index in [1.165, 1.54) is 19.4 Å². The van der Waals surface area contributed by atoms with Gasteiger partial charge in [0.05, 0.1) is 28.2 Å². The number of aromatic nitrogens is 4. The van der Waals surface area contributed by atoms with E-state index in [1.807, 2.05) is 0 Å². The summed E-state index contributed by atoms with van der Waals surface area (Å²) in [4.78, 5) is 27.0. The lowest BCUT2D eigenvalue weighted by molar-refractivity contribution is -0.137. The van der Waals surface area contributed by atoms with Crippen molar-refractivity contribution >= 4 is 16.9 Å². The topological polar surface area (TPSA) is 86.5 Å². The Balaban J connectivity index is 1.95. The molecule has 4 rings (SSSR count). The van der Waals surface area contributed by atoms with E-state index in [9.17, 15) is 18.0 Å². The molecule has 4 aromatic rings. The van der Waals surface area contributed by atoms with E-state index < -0.39 is 17.6 Å². The Kier molecular flexibility index (Phi) is 4.37. The van der Waals surface area contributed by atoms with Crippen LogP contribution in [0.15, 0.2) is 42.9 Å². The molecule has 1 amide bonds. The van der Waals surface area contributed by atoms with Gasteiger partial charge < -0.3 is 15.3 Å². The summed E-state index contributed by atoms with van der Waals surface area (Å²) >= 11 is 0. The smallest absolute Gasteiger partial charge is 0.355 e. The van der Waals surface area contributed by atoms with Crippen molar-refractivity contribution in [2.24, 2.45) is 0 Å². The van der Waals surface area contributed by atoms with Crippen LogP contribution in [0.3, 0.4) is 0 Å². The molecule has 0 aliphatic carbocycles. The van der Waals surface area contributed by atoms with Gasteiger partial charge >= 0.3 is 6.18 Å². The van der Waals surface area contributed by atoms with Crippen molar-refractivity contribution in [3.63, 3.8) is 0 Å². The molecule has 0 atom stereocenters. The van der Waals surface area contributed by atoms with Gasteiger partial charge in [0.1, 0.15) is 12.0 Å². The van der Waals surface area contributed by atoms with Crippen LogP contribution in [-0.2, 0) is 6.18 Å². The number of amides is 1. The summed E-state index contributed by atoms with van der Waals surface area (Å²) in [5, 5.41) is 3.26. The molecule has 0 bridgehead atoms. The average Bonchev–Trinajstić information content (AvgIpc) is 3.33. The van der Waals surface area contributed by atoms with Gasteiger partial charge in [-0.3, -0.25) is 4.79 Å². The third-order valence-electron chi connectivity index (χ3n) is 4.73. The van der Waals surface area contributed by atoms with E-state index in [-0.39, 0.29) is 5.56 Å². The molecule has 3 aromatic heterocycles. The summed E-state index contributed by atoms with van der Waals surface area (Å²) in [7, 11) is 1.47. The highest BCUT2D eigenvalue weighted by atomic mass is 19.4. The molecule has 1 aromatic carbocycles. The zero-order chi connectivity index (χ0) is 20.8. The van der Waals surface area contributed by atoms with Crippen LogP contribution in [-0.4, -0.2) is 32.9 Å². The largest absolute Gasteiger partial charge is 0.416 e. The zero-order valence-corrected chi connectivity index (χ0v) is 15.5. The number of carbonyl (C=O) groups is 1. The van der Waals surface area contributed by atoms with Gasteiger partial charge in [0.2, 0.25) is 0 Å². The molecule has 3 N–H and O–H groups in total. The number of benzene rings is 1. The predicted octanol–water partition coefficient (Wildman–Crippen LogP) is 4.31. The number of rotatable bonds is 3. The van der Waals surface area contributed by atoms with Crippen molar-refractivity contribution in [3.05, 3.63) is 59.5 Å². The van der Waals surface area contributed by atoms with Gasteiger partial charge in [-0.15, -0.1) is 0 Å². The van der Waals surface area contributed by atoms with Crippen LogP contribution in [0.1, 0.15) is 21.5 Å². The summed E-state index contributed by atoms with van der Waals surface area (Å²) in [5.74, 6) is -0.418. The van der Waals surface area contributed by atoms with E-state index in [1.54, 1.807) is 25.3 Å². The second-order valence-corrected chi connectivity index (χ2v) is 6.54. The number of aryl methyl sites for hydroxylation is 1. The van der Waals surface area contributed by atoms with E-state index in [0.717, 1.165) is 17.5 Å². The van der Waals surface area contributed by atoms with Crippen LogP contribution in [0.4, 0.5) is 13.2 Å². The van der Waals surface area contributed by atoms with Gasteiger partial charge in [0.15, 0.2) is 0 Å². The van der Waals surface area contributed by atoms with Gasteiger partial charge in [-0.1, -0.05) is 6.07 Å². The maximum Gasteiger partial charge on any atom is 0.416 e. The normalized spacial score (nSPS) is 11.8. The lowest BCUT2D eigenvalue weighted by atomic mass is 9.99. The molecule has 3 heterocycles. The number of nitrogens with zero attached hydrogens (tertiary/aromatic N) is 2. The van der Waals surface area contributed by atoms with Crippen molar-refractivity contribution in [1.82, 2.24) is 25.3 Å². The SMILES string of the molecule is CNC(=O)c1cc(-c2ncnc3[nH]ccc23)[nH]c1-c1cc(C(F)(F)F)ccc1C. The summed E-state index contributed by atoms with van der Waals surface area (Å²) in [6.07, 6.45) is -1.40. The fourth-order valence-electron chi connectivity index (χ4n) is 3.26. The standard InChI is InChI=1S/C20H16F3N5O/c1-10-3-4-11(20(21,22)23)7-13(10)16-14(19(29)24-2)8-15(28-16)17-12-5-6-25-18(12)27-9-26-17/h3-9,28H,1-2H3,(H,24,29)(H,25,26,27). The summed E-state index contributed by atoms with van der Waals surface area (Å²) < 4.78 is 39.7. The van der Waals surface area contributed by atoms with Crippen LogP contribution < -0.4 is 5.32 Å². The minimum atomic E-state index is -4.49. The highest BCUT2D eigenvalue weighted by Gasteiger charge is 2.31. The minimum Gasteiger partial charge on any atom is -0.355 e. The number of hydrogen-bond donors (Lipinski definition) is 3. The minimum absolute atomic E-state index is 0.229. The first-order valence-electron chi connectivity index (χ1n) is 8.71. The van der Waals surface area contributed by atoms with E-state index in [2.05, 4.69) is 25.3 Å². The third-order valence-corrected chi connectivity index (χ3v) is 4.73. The number of fused-ring (bicyclic) bond motifs is 1. The zero-order valence-electron chi connectivity index (χ0n) is 15.5. The first-order valence-corrected chi connectivity index (χ1v) is 8.71. The van der Waals surface area contributed by atoms with Gasteiger partial charge in [-0.05, 0) is 36.8 Å². The molecule has 0 saturated heterocycles. The maximum absolute atomic E-state index is 13.2. The van der Waals surface area contributed by atoms with Gasteiger partial charge in [-0.2, -0.15) is 13.2 Å². The van der Waals surface area contributed by atoms with Gasteiger partial charge in [-0.25, -0.2) is 9.97 Å². The Morgan fingerprint density at radius 2 is 1.93 bits per heavy atom. The van der Waals surface area contributed by atoms with Crippen molar-refractivity contribution in [1.29, 1.82) is 0 Å². The lowest BCUT2D eigenvalue weighted by Crippen LogP contribution is -2.18. The molecule has 9 heteroatoms. The molecule has 6 nitrogen and oxygen atoms in total. The molecule has 148 valence electrons. The van der Waals surface area contributed by atoms with Crippen molar-refractivity contribution in [3.8, 4) is 22.6 Å². The van der Waals surface area contributed by atoms with Gasteiger partial charge in [0, 0.05) is 24.2 Å². The number of H-pyrrole nitrogens is 2. The van der Waals surface area contributed by atoms with Crippen LogP contribution in [0.25, 0.3) is 33.7 Å². The van der Waals surface area contributed by atoms with Crippen LogP contribution in [0.2, 0.25) is 0 Å². The Morgan fingerprint density at radius 3 is 2.66 bits per heavy atom. The predicted molar refractivity (Wildman–Crippen MR) is 102 cm³/mol. The van der Waals surface area contributed by atoms with Crippen LogP contribution in [0, 0.1) is 6.92 Å². The highest BCUT2D eigenvalue weighted by Crippen LogP contribution is 2.36. The fourth-order valence-corrected chi connectivity index (χ4v) is 3.26. The Morgan fingerprint density at radius 1 is 1.14 bits per heavy atom. The highest BCUT2D eigenvalue weighted by molar-refractivity contribution is 6.03. The molecule has 0 saturated carbocycles. The van der Waals surface area contributed by atoms with Crippen LogP contribution in [0.5, 0.6) is 0 Å².